The molecule has 4 heteroatoms. The van der Waals surface area contributed by atoms with Crippen molar-refractivity contribution in [3.63, 3.8) is 0 Å². The second-order valence-electron chi connectivity index (χ2n) is 5.82. The number of carbonyl (C=O) groups excluding carboxylic acids is 1. The SMILES string of the molecule is COc1ccc(CN(C)CC(=O)Nc2cccc(C)c2C)cc1. The van der Waals surface area contributed by atoms with Crippen molar-refractivity contribution in [3.05, 3.63) is 59.2 Å². The highest BCUT2D eigenvalue weighted by Crippen LogP contribution is 2.18. The van der Waals surface area contributed by atoms with Crippen LogP contribution >= 0.6 is 0 Å². The molecule has 1 amide bonds. The van der Waals surface area contributed by atoms with E-state index in [0.29, 0.717) is 13.1 Å². The van der Waals surface area contributed by atoms with Crippen molar-refractivity contribution < 1.29 is 9.53 Å². The molecule has 4 nitrogen and oxygen atoms in total. The summed E-state index contributed by atoms with van der Waals surface area (Å²) in [4.78, 5) is 14.2. The molecule has 0 fully saturated rings. The Bertz CT molecular complexity index is 666. The van der Waals surface area contributed by atoms with E-state index in [-0.39, 0.29) is 5.91 Å². The molecular formula is C19H24N2O2. The predicted molar refractivity (Wildman–Crippen MR) is 93.9 cm³/mol. The largest absolute Gasteiger partial charge is 0.497 e. The summed E-state index contributed by atoms with van der Waals surface area (Å²) in [6, 6.07) is 13.8. The number of anilines is 1. The van der Waals surface area contributed by atoms with Crippen LogP contribution in [0, 0.1) is 13.8 Å². The second-order valence-corrected chi connectivity index (χ2v) is 5.82. The molecule has 0 spiro atoms. The van der Waals surface area contributed by atoms with Crippen LogP contribution in [-0.4, -0.2) is 31.5 Å². The molecule has 122 valence electrons. The number of hydrogen-bond acceptors (Lipinski definition) is 3. The minimum atomic E-state index is -0.00490. The molecule has 0 heterocycles. The Balaban J connectivity index is 1.90. The molecule has 0 aromatic heterocycles. The molecule has 2 aromatic carbocycles. The third-order valence-electron chi connectivity index (χ3n) is 3.90. The van der Waals surface area contributed by atoms with E-state index in [1.54, 1.807) is 7.11 Å². The summed E-state index contributed by atoms with van der Waals surface area (Å²) < 4.78 is 5.15. The van der Waals surface area contributed by atoms with E-state index in [1.807, 2.05) is 68.3 Å². The lowest BCUT2D eigenvalue weighted by Crippen LogP contribution is -2.30. The summed E-state index contributed by atoms with van der Waals surface area (Å²) in [5.41, 5.74) is 4.31. The quantitative estimate of drug-likeness (QED) is 0.889. The van der Waals surface area contributed by atoms with Gasteiger partial charge in [-0.2, -0.15) is 0 Å². The van der Waals surface area contributed by atoms with Crippen molar-refractivity contribution in [3.8, 4) is 5.75 Å². The van der Waals surface area contributed by atoms with Gasteiger partial charge in [0, 0.05) is 12.2 Å². The van der Waals surface area contributed by atoms with Crippen LogP contribution in [0.1, 0.15) is 16.7 Å². The lowest BCUT2D eigenvalue weighted by molar-refractivity contribution is -0.117. The Kier molecular flexibility index (Phi) is 5.77. The van der Waals surface area contributed by atoms with Crippen LogP contribution < -0.4 is 10.1 Å². The summed E-state index contributed by atoms with van der Waals surface area (Å²) in [7, 11) is 3.59. The fraction of sp³-hybridized carbons (Fsp3) is 0.316. The average molecular weight is 312 g/mol. The zero-order valence-electron chi connectivity index (χ0n) is 14.2. The van der Waals surface area contributed by atoms with Gasteiger partial charge < -0.3 is 10.1 Å². The van der Waals surface area contributed by atoms with E-state index in [2.05, 4.69) is 5.32 Å². The zero-order chi connectivity index (χ0) is 16.8. The van der Waals surface area contributed by atoms with Gasteiger partial charge in [-0.15, -0.1) is 0 Å². The molecule has 0 aliphatic rings. The van der Waals surface area contributed by atoms with Gasteiger partial charge in [0.25, 0.3) is 0 Å². The topological polar surface area (TPSA) is 41.6 Å². The van der Waals surface area contributed by atoms with Crippen molar-refractivity contribution in [2.45, 2.75) is 20.4 Å². The highest BCUT2D eigenvalue weighted by molar-refractivity contribution is 5.93. The summed E-state index contributed by atoms with van der Waals surface area (Å²) in [5.74, 6) is 0.832. The molecule has 0 unspecified atom stereocenters. The molecule has 0 radical (unpaired) electrons. The summed E-state index contributed by atoms with van der Waals surface area (Å²) >= 11 is 0. The van der Waals surface area contributed by atoms with Crippen molar-refractivity contribution >= 4 is 11.6 Å². The lowest BCUT2D eigenvalue weighted by atomic mass is 10.1. The van der Waals surface area contributed by atoms with Crippen LogP contribution in [0.15, 0.2) is 42.5 Å². The van der Waals surface area contributed by atoms with Crippen LogP contribution in [0.25, 0.3) is 0 Å². The zero-order valence-corrected chi connectivity index (χ0v) is 14.2. The second kappa shape index (κ2) is 7.79. The lowest BCUT2D eigenvalue weighted by Gasteiger charge is -2.17. The van der Waals surface area contributed by atoms with E-state index in [9.17, 15) is 4.79 Å². The minimum absolute atomic E-state index is 0.00490. The minimum Gasteiger partial charge on any atom is -0.497 e. The number of aryl methyl sites for hydroxylation is 1. The van der Waals surface area contributed by atoms with Crippen LogP contribution in [0.2, 0.25) is 0 Å². The van der Waals surface area contributed by atoms with Gasteiger partial charge in [-0.25, -0.2) is 0 Å². The number of methoxy groups -OCH3 is 1. The van der Waals surface area contributed by atoms with E-state index in [0.717, 1.165) is 22.6 Å². The van der Waals surface area contributed by atoms with Gasteiger partial charge in [-0.1, -0.05) is 24.3 Å². The fourth-order valence-electron chi connectivity index (χ4n) is 2.42. The molecular weight excluding hydrogens is 288 g/mol. The number of amides is 1. The summed E-state index contributed by atoms with van der Waals surface area (Å²) in [5, 5.41) is 2.99. The Morgan fingerprint density at radius 2 is 1.83 bits per heavy atom. The maximum atomic E-state index is 12.2. The molecule has 0 bridgehead atoms. The molecule has 23 heavy (non-hydrogen) atoms. The van der Waals surface area contributed by atoms with Crippen molar-refractivity contribution in [2.75, 3.05) is 26.0 Å². The monoisotopic (exact) mass is 312 g/mol. The number of ether oxygens (including phenoxy) is 1. The highest BCUT2D eigenvalue weighted by Gasteiger charge is 2.09. The number of nitrogens with one attached hydrogen (secondary N) is 1. The van der Waals surface area contributed by atoms with Crippen LogP contribution in [0.4, 0.5) is 5.69 Å². The first kappa shape index (κ1) is 17.0. The van der Waals surface area contributed by atoms with Gasteiger partial charge >= 0.3 is 0 Å². The van der Waals surface area contributed by atoms with Crippen LogP contribution in [0.3, 0.4) is 0 Å². The van der Waals surface area contributed by atoms with Gasteiger partial charge in [-0.05, 0) is 55.8 Å². The van der Waals surface area contributed by atoms with Gasteiger partial charge in [0.05, 0.1) is 13.7 Å². The Hall–Kier alpha value is -2.33. The van der Waals surface area contributed by atoms with Crippen molar-refractivity contribution in [1.82, 2.24) is 4.90 Å². The average Bonchev–Trinajstić information content (AvgIpc) is 2.52. The molecule has 0 atom stereocenters. The molecule has 2 aromatic rings. The standard InChI is InChI=1S/C19H24N2O2/c1-14-6-5-7-18(15(14)2)20-19(22)13-21(3)12-16-8-10-17(23-4)11-9-16/h5-11H,12-13H2,1-4H3,(H,20,22). The van der Waals surface area contributed by atoms with E-state index in [1.165, 1.54) is 5.56 Å². The Morgan fingerprint density at radius 1 is 1.13 bits per heavy atom. The van der Waals surface area contributed by atoms with E-state index in [4.69, 9.17) is 4.74 Å². The van der Waals surface area contributed by atoms with Crippen LogP contribution in [0.5, 0.6) is 5.75 Å². The van der Waals surface area contributed by atoms with Gasteiger partial charge in [0.2, 0.25) is 5.91 Å². The third-order valence-corrected chi connectivity index (χ3v) is 3.90. The molecule has 0 saturated carbocycles. The van der Waals surface area contributed by atoms with Gasteiger partial charge in [0.1, 0.15) is 5.75 Å². The normalized spacial score (nSPS) is 10.7. The fourth-order valence-corrected chi connectivity index (χ4v) is 2.42. The number of hydrogen-bond donors (Lipinski definition) is 1. The van der Waals surface area contributed by atoms with E-state index < -0.39 is 0 Å². The van der Waals surface area contributed by atoms with Crippen molar-refractivity contribution in [2.24, 2.45) is 0 Å². The predicted octanol–water partition coefficient (Wildman–Crippen LogP) is 3.38. The molecule has 0 saturated heterocycles. The van der Waals surface area contributed by atoms with Crippen molar-refractivity contribution in [1.29, 1.82) is 0 Å². The molecule has 2 rings (SSSR count). The van der Waals surface area contributed by atoms with E-state index >= 15 is 0 Å². The molecule has 0 aliphatic heterocycles. The Morgan fingerprint density at radius 3 is 2.48 bits per heavy atom. The smallest absolute Gasteiger partial charge is 0.238 e. The van der Waals surface area contributed by atoms with Crippen LogP contribution in [-0.2, 0) is 11.3 Å². The number of nitrogens with zero attached hydrogens (tertiary/aromatic N) is 1. The first-order chi connectivity index (χ1) is 11.0. The summed E-state index contributed by atoms with van der Waals surface area (Å²) in [6.07, 6.45) is 0. The number of benzene rings is 2. The summed E-state index contributed by atoms with van der Waals surface area (Å²) in [6.45, 7) is 5.12. The molecule has 1 N–H and O–H groups in total. The first-order valence-corrected chi connectivity index (χ1v) is 7.67. The maximum absolute atomic E-state index is 12.2. The number of likely N-dealkylation sites (N-methyl/N-ethyl adjacent to an activating group) is 1. The Labute approximate surface area is 138 Å². The first-order valence-electron chi connectivity index (χ1n) is 7.67. The maximum Gasteiger partial charge on any atom is 0.238 e. The van der Waals surface area contributed by atoms with Gasteiger partial charge in [-0.3, -0.25) is 9.69 Å². The number of carbonyl (C=O) groups is 1. The molecule has 0 aliphatic carbocycles. The highest BCUT2D eigenvalue weighted by atomic mass is 16.5. The number of rotatable bonds is 6. The van der Waals surface area contributed by atoms with Gasteiger partial charge in [0.15, 0.2) is 0 Å². The third kappa shape index (κ3) is 4.83.